The number of nitrogens with zero attached hydrogens (tertiary/aromatic N) is 6. The van der Waals surface area contributed by atoms with Gasteiger partial charge in [0.1, 0.15) is 0 Å². The molecule has 4 rings (SSSR count). The van der Waals surface area contributed by atoms with Crippen LogP contribution in [0.4, 0.5) is 5.95 Å². The summed E-state index contributed by atoms with van der Waals surface area (Å²) >= 11 is 0. The maximum absolute atomic E-state index is 12.9. The lowest BCUT2D eigenvalue weighted by Crippen LogP contribution is -2.52. The van der Waals surface area contributed by atoms with Gasteiger partial charge in [-0.25, -0.2) is 14.6 Å². The molecule has 1 aliphatic rings. The van der Waals surface area contributed by atoms with Gasteiger partial charge in [0.2, 0.25) is 11.8 Å². The number of para-hydroxylation sites is 1. The number of hydrogen-bond donors (Lipinski definition) is 0. The number of amides is 1. The zero-order valence-electron chi connectivity index (χ0n) is 16.6. The van der Waals surface area contributed by atoms with Crippen molar-refractivity contribution >= 4 is 11.9 Å². The van der Waals surface area contributed by atoms with Crippen molar-refractivity contribution < 1.29 is 9.53 Å². The van der Waals surface area contributed by atoms with Crippen LogP contribution < -0.4 is 9.64 Å². The SMILES string of the molecule is Cc1cn(-c2ccccc2)nc1O[C@H](C)C(=O)N1CCN(c2ncccn2)CC1. The second kappa shape index (κ2) is 8.30. The van der Waals surface area contributed by atoms with Crippen molar-refractivity contribution in [3.05, 3.63) is 60.6 Å². The van der Waals surface area contributed by atoms with Crippen molar-refractivity contribution in [2.75, 3.05) is 31.1 Å². The van der Waals surface area contributed by atoms with Gasteiger partial charge in [0.25, 0.3) is 5.91 Å². The van der Waals surface area contributed by atoms with Gasteiger partial charge in [-0.15, -0.1) is 5.10 Å². The third-order valence-corrected chi connectivity index (χ3v) is 4.94. The minimum absolute atomic E-state index is 0.0349. The summed E-state index contributed by atoms with van der Waals surface area (Å²) in [5.74, 6) is 1.14. The molecule has 0 N–H and O–H groups in total. The summed E-state index contributed by atoms with van der Waals surface area (Å²) in [6, 6.07) is 11.6. The second-order valence-electron chi connectivity index (χ2n) is 7.02. The topological polar surface area (TPSA) is 76.4 Å². The molecular weight excluding hydrogens is 368 g/mol. The lowest BCUT2D eigenvalue weighted by atomic mass is 10.2. The van der Waals surface area contributed by atoms with E-state index in [1.165, 1.54) is 0 Å². The van der Waals surface area contributed by atoms with Gasteiger partial charge in [-0.2, -0.15) is 0 Å². The molecule has 150 valence electrons. The predicted octanol–water partition coefficient (Wildman–Crippen LogP) is 2.09. The van der Waals surface area contributed by atoms with E-state index in [0.717, 1.165) is 11.3 Å². The molecule has 1 aromatic carbocycles. The fraction of sp³-hybridized carbons (Fsp3) is 0.333. The molecule has 3 aromatic rings. The van der Waals surface area contributed by atoms with Crippen LogP contribution in [0.25, 0.3) is 5.69 Å². The molecule has 3 heterocycles. The zero-order valence-corrected chi connectivity index (χ0v) is 16.6. The van der Waals surface area contributed by atoms with E-state index in [-0.39, 0.29) is 5.91 Å². The van der Waals surface area contributed by atoms with Crippen LogP contribution >= 0.6 is 0 Å². The summed E-state index contributed by atoms with van der Waals surface area (Å²) in [4.78, 5) is 25.3. The normalized spacial score (nSPS) is 15.2. The number of hydrogen-bond acceptors (Lipinski definition) is 6. The average Bonchev–Trinajstić information content (AvgIpc) is 3.14. The molecule has 1 saturated heterocycles. The van der Waals surface area contributed by atoms with E-state index in [2.05, 4.69) is 20.0 Å². The van der Waals surface area contributed by atoms with Crippen LogP contribution in [-0.4, -0.2) is 62.8 Å². The Bertz CT molecular complexity index is 952. The summed E-state index contributed by atoms with van der Waals surface area (Å²) in [5.41, 5.74) is 1.84. The largest absolute Gasteiger partial charge is 0.463 e. The Morgan fingerprint density at radius 2 is 1.72 bits per heavy atom. The van der Waals surface area contributed by atoms with E-state index in [1.807, 2.05) is 48.4 Å². The highest BCUT2D eigenvalue weighted by Crippen LogP contribution is 2.20. The smallest absolute Gasteiger partial charge is 0.263 e. The zero-order chi connectivity index (χ0) is 20.2. The molecule has 0 spiro atoms. The number of carbonyl (C=O) groups is 1. The lowest BCUT2D eigenvalue weighted by Gasteiger charge is -2.35. The van der Waals surface area contributed by atoms with E-state index >= 15 is 0 Å². The first-order valence-electron chi connectivity index (χ1n) is 9.71. The van der Waals surface area contributed by atoms with Gasteiger partial charge in [-0.1, -0.05) is 18.2 Å². The molecule has 8 heteroatoms. The first-order chi connectivity index (χ1) is 14.1. The van der Waals surface area contributed by atoms with Crippen LogP contribution in [0.3, 0.4) is 0 Å². The monoisotopic (exact) mass is 392 g/mol. The average molecular weight is 392 g/mol. The standard InChI is InChI=1S/C21H24N6O2/c1-16-15-27(18-7-4-3-5-8-18)24-19(16)29-17(2)20(28)25-11-13-26(14-12-25)21-22-9-6-10-23-21/h3-10,15,17H,11-14H2,1-2H3/t17-/m1/s1. The molecule has 29 heavy (non-hydrogen) atoms. The molecule has 2 aromatic heterocycles. The van der Waals surface area contributed by atoms with Crippen LogP contribution in [0.1, 0.15) is 12.5 Å². The summed E-state index contributed by atoms with van der Waals surface area (Å²) < 4.78 is 7.68. The maximum Gasteiger partial charge on any atom is 0.263 e. The van der Waals surface area contributed by atoms with Crippen molar-refractivity contribution in [1.29, 1.82) is 0 Å². The Balaban J connectivity index is 1.36. The number of rotatable bonds is 5. The number of aromatic nitrogens is 4. The van der Waals surface area contributed by atoms with Crippen molar-refractivity contribution in [3.63, 3.8) is 0 Å². The molecule has 1 aliphatic heterocycles. The quantitative estimate of drug-likeness (QED) is 0.662. The van der Waals surface area contributed by atoms with Gasteiger partial charge in [0.15, 0.2) is 6.10 Å². The minimum Gasteiger partial charge on any atom is -0.463 e. The minimum atomic E-state index is -0.604. The highest BCUT2D eigenvalue weighted by atomic mass is 16.5. The Kier molecular flexibility index (Phi) is 5.41. The molecule has 0 unspecified atom stereocenters. The van der Waals surface area contributed by atoms with Crippen LogP contribution in [0.2, 0.25) is 0 Å². The summed E-state index contributed by atoms with van der Waals surface area (Å²) in [7, 11) is 0. The van der Waals surface area contributed by atoms with Crippen molar-refractivity contribution in [1.82, 2.24) is 24.6 Å². The predicted molar refractivity (Wildman–Crippen MR) is 109 cm³/mol. The first kappa shape index (κ1) is 18.9. The first-order valence-corrected chi connectivity index (χ1v) is 9.71. The molecule has 8 nitrogen and oxygen atoms in total. The molecule has 0 bridgehead atoms. The molecule has 0 aliphatic carbocycles. The molecule has 1 atom stereocenters. The Labute approximate surface area is 169 Å². The molecule has 1 amide bonds. The van der Waals surface area contributed by atoms with Gasteiger partial charge in [0.05, 0.1) is 5.69 Å². The summed E-state index contributed by atoms with van der Waals surface area (Å²) in [6.07, 6.45) is 4.76. The summed E-state index contributed by atoms with van der Waals surface area (Å²) in [5, 5.41) is 4.50. The number of anilines is 1. The molecule has 0 saturated carbocycles. The van der Waals surface area contributed by atoms with Crippen LogP contribution in [0.15, 0.2) is 55.0 Å². The fourth-order valence-corrected chi connectivity index (χ4v) is 3.33. The number of piperazine rings is 1. The summed E-state index contributed by atoms with van der Waals surface area (Å²) in [6.45, 7) is 6.33. The van der Waals surface area contributed by atoms with E-state index in [0.29, 0.717) is 38.0 Å². The Morgan fingerprint density at radius 3 is 2.41 bits per heavy atom. The van der Waals surface area contributed by atoms with Gasteiger partial charge >= 0.3 is 0 Å². The van der Waals surface area contributed by atoms with E-state index in [4.69, 9.17) is 4.74 Å². The van der Waals surface area contributed by atoms with E-state index in [9.17, 15) is 4.79 Å². The number of aryl methyl sites for hydroxylation is 1. The van der Waals surface area contributed by atoms with E-state index < -0.39 is 6.10 Å². The van der Waals surface area contributed by atoms with Crippen LogP contribution in [0.5, 0.6) is 5.88 Å². The maximum atomic E-state index is 12.9. The Hall–Kier alpha value is -3.42. The second-order valence-corrected chi connectivity index (χ2v) is 7.02. The van der Waals surface area contributed by atoms with Crippen molar-refractivity contribution in [3.8, 4) is 11.6 Å². The highest BCUT2D eigenvalue weighted by Gasteiger charge is 2.27. The van der Waals surface area contributed by atoms with Gasteiger partial charge in [0, 0.05) is 50.3 Å². The van der Waals surface area contributed by atoms with E-state index in [1.54, 1.807) is 30.1 Å². The van der Waals surface area contributed by atoms with Crippen molar-refractivity contribution in [2.45, 2.75) is 20.0 Å². The van der Waals surface area contributed by atoms with Gasteiger partial charge in [-0.05, 0) is 32.0 Å². The van der Waals surface area contributed by atoms with Gasteiger partial charge in [-0.3, -0.25) is 4.79 Å². The molecular formula is C21H24N6O2. The fourth-order valence-electron chi connectivity index (χ4n) is 3.33. The third kappa shape index (κ3) is 4.21. The third-order valence-electron chi connectivity index (χ3n) is 4.94. The molecule has 1 fully saturated rings. The number of carbonyl (C=O) groups excluding carboxylic acids is 1. The van der Waals surface area contributed by atoms with Crippen molar-refractivity contribution in [2.24, 2.45) is 0 Å². The molecule has 0 radical (unpaired) electrons. The number of ether oxygens (including phenoxy) is 1. The van der Waals surface area contributed by atoms with Gasteiger partial charge < -0.3 is 14.5 Å². The Morgan fingerprint density at radius 1 is 1.03 bits per heavy atom. The van der Waals surface area contributed by atoms with Crippen LogP contribution in [-0.2, 0) is 4.79 Å². The highest BCUT2D eigenvalue weighted by molar-refractivity contribution is 5.81. The lowest BCUT2D eigenvalue weighted by molar-refractivity contribution is -0.138. The van der Waals surface area contributed by atoms with Crippen LogP contribution in [0, 0.1) is 6.92 Å². The number of benzene rings is 1.